The number of benzene rings is 1. The van der Waals surface area contributed by atoms with Gasteiger partial charge in [0.15, 0.2) is 0 Å². The zero-order valence-corrected chi connectivity index (χ0v) is 13.5. The predicted octanol–water partition coefficient (Wildman–Crippen LogP) is 3.41. The number of carbonyl (C=O) groups is 1. The quantitative estimate of drug-likeness (QED) is 0.711. The van der Waals surface area contributed by atoms with E-state index in [1.807, 2.05) is 18.2 Å². The number of methoxy groups -OCH3 is 1. The lowest BCUT2D eigenvalue weighted by Gasteiger charge is -2.12. The molecule has 0 saturated heterocycles. The van der Waals surface area contributed by atoms with Crippen LogP contribution in [0.3, 0.4) is 0 Å². The maximum Gasteiger partial charge on any atom is 0.255 e. The Morgan fingerprint density at radius 3 is 2.77 bits per heavy atom. The molecule has 1 aliphatic carbocycles. The first-order valence-corrected chi connectivity index (χ1v) is 8.30. The number of nitrogens with one attached hydrogen (secondary N) is 1. The summed E-state index contributed by atoms with van der Waals surface area (Å²) < 4.78 is 10.6. The lowest BCUT2D eigenvalue weighted by Crippen LogP contribution is -2.25. The highest BCUT2D eigenvalue weighted by molar-refractivity contribution is 5.96. The normalized spacial score (nSPS) is 15.0. The molecule has 1 aromatic rings. The second-order valence-corrected chi connectivity index (χ2v) is 5.89. The molecule has 1 amide bonds. The smallest absolute Gasteiger partial charge is 0.255 e. The van der Waals surface area contributed by atoms with E-state index in [4.69, 9.17) is 9.47 Å². The van der Waals surface area contributed by atoms with Gasteiger partial charge in [0.05, 0.1) is 12.2 Å². The van der Waals surface area contributed by atoms with Crippen molar-refractivity contribution >= 4 is 5.91 Å². The minimum atomic E-state index is -0.0561. The van der Waals surface area contributed by atoms with E-state index in [-0.39, 0.29) is 5.91 Å². The van der Waals surface area contributed by atoms with Crippen LogP contribution in [0, 0.1) is 5.92 Å². The zero-order chi connectivity index (χ0) is 15.6. The van der Waals surface area contributed by atoms with E-state index in [9.17, 15) is 4.79 Å². The maximum absolute atomic E-state index is 12.3. The number of para-hydroxylation sites is 1. The lowest BCUT2D eigenvalue weighted by atomic mass is 10.0. The first-order valence-electron chi connectivity index (χ1n) is 8.30. The van der Waals surface area contributed by atoms with Gasteiger partial charge in [-0.05, 0) is 30.9 Å². The molecule has 0 heterocycles. The van der Waals surface area contributed by atoms with Gasteiger partial charge in [-0.1, -0.05) is 37.8 Å². The Morgan fingerprint density at radius 2 is 2.00 bits per heavy atom. The average Bonchev–Trinajstić information content (AvgIpc) is 3.05. The number of hydrogen-bond donors (Lipinski definition) is 1. The number of ether oxygens (including phenoxy) is 2. The third-order valence-electron chi connectivity index (χ3n) is 4.23. The second-order valence-electron chi connectivity index (χ2n) is 5.89. The van der Waals surface area contributed by atoms with Crippen molar-refractivity contribution in [2.24, 2.45) is 5.92 Å². The maximum atomic E-state index is 12.3. The predicted molar refractivity (Wildman–Crippen MR) is 87.3 cm³/mol. The molecule has 122 valence electrons. The third-order valence-corrected chi connectivity index (χ3v) is 4.23. The van der Waals surface area contributed by atoms with Gasteiger partial charge in [0, 0.05) is 13.7 Å². The van der Waals surface area contributed by atoms with Crippen molar-refractivity contribution in [1.82, 2.24) is 5.32 Å². The highest BCUT2D eigenvalue weighted by atomic mass is 16.5. The molecule has 0 radical (unpaired) electrons. The Hall–Kier alpha value is -1.55. The van der Waals surface area contributed by atoms with Crippen molar-refractivity contribution in [3.8, 4) is 5.75 Å². The Balaban J connectivity index is 1.75. The van der Waals surface area contributed by atoms with Crippen LogP contribution in [0.15, 0.2) is 24.3 Å². The zero-order valence-electron chi connectivity index (χ0n) is 13.5. The van der Waals surface area contributed by atoms with Crippen molar-refractivity contribution in [3.05, 3.63) is 29.8 Å². The van der Waals surface area contributed by atoms with E-state index >= 15 is 0 Å². The Morgan fingerprint density at radius 1 is 1.23 bits per heavy atom. The summed E-state index contributed by atoms with van der Waals surface area (Å²) in [6, 6.07) is 7.35. The van der Waals surface area contributed by atoms with E-state index in [0.717, 1.165) is 18.9 Å². The van der Waals surface area contributed by atoms with E-state index < -0.39 is 0 Å². The highest BCUT2D eigenvalue weighted by Crippen LogP contribution is 2.28. The molecular weight excluding hydrogens is 278 g/mol. The van der Waals surface area contributed by atoms with Crippen LogP contribution in [0.5, 0.6) is 5.75 Å². The average molecular weight is 305 g/mol. The first-order chi connectivity index (χ1) is 10.8. The van der Waals surface area contributed by atoms with Crippen molar-refractivity contribution in [1.29, 1.82) is 0 Å². The molecule has 22 heavy (non-hydrogen) atoms. The molecule has 0 spiro atoms. The molecule has 4 nitrogen and oxygen atoms in total. The van der Waals surface area contributed by atoms with Gasteiger partial charge in [0.2, 0.25) is 0 Å². The molecule has 0 atom stereocenters. The van der Waals surface area contributed by atoms with Gasteiger partial charge in [0.25, 0.3) is 5.91 Å². The number of rotatable bonds is 9. The summed E-state index contributed by atoms with van der Waals surface area (Å²) in [6.45, 7) is 1.70. The standard InChI is InChI=1S/C18H27NO3/c1-21-13-14-22-17-11-5-4-10-16(17)18(20)19-12-6-9-15-7-2-3-8-15/h4-5,10-11,15H,2-3,6-9,12-14H2,1H3,(H,19,20). The molecule has 1 aliphatic rings. The van der Waals surface area contributed by atoms with E-state index in [0.29, 0.717) is 24.5 Å². The molecule has 1 aromatic carbocycles. The summed E-state index contributed by atoms with van der Waals surface area (Å²) in [7, 11) is 1.63. The third kappa shape index (κ3) is 5.34. The first kappa shape index (κ1) is 16.8. The van der Waals surface area contributed by atoms with E-state index in [1.54, 1.807) is 13.2 Å². The van der Waals surface area contributed by atoms with Crippen molar-refractivity contribution in [2.45, 2.75) is 38.5 Å². The lowest BCUT2D eigenvalue weighted by molar-refractivity contribution is 0.0944. The highest BCUT2D eigenvalue weighted by Gasteiger charge is 2.15. The van der Waals surface area contributed by atoms with Crippen LogP contribution in [0.4, 0.5) is 0 Å². The fourth-order valence-corrected chi connectivity index (χ4v) is 3.00. The fraction of sp³-hybridized carbons (Fsp3) is 0.611. The molecule has 4 heteroatoms. The molecule has 1 fully saturated rings. The van der Waals surface area contributed by atoms with Gasteiger partial charge in [-0.2, -0.15) is 0 Å². The molecule has 1 saturated carbocycles. The Kier molecular flexibility index (Phi) is 7.23. The van der Waals surface area contributed by atoms with Crippen LogP contribution in [0.25, 0.3) is 0 Å². The summed E-state index contributed by atoms with van der Waals surface area (Å²) in [5.41, 5.74) is 0.597. The van der Waals surface area contributed by atoms with Crippen LogP contribution < -0.4 is 10.1 Å². The van der Waals surface area contributed by atoms with Crippen LogP contribution in [0.2, 0.25) is 0 Å². The number of amides is 1. The van der Waals surface area contributed by atoms with Gasteiger partial charge in [-0.25, -0.2) is 0 Å². The molecule has 0 aromatic heterocycles. The summed E-state index contributed by atoms with van der Waals surface area (Å²) in [6.07, 6.45) is 7.77. The van der Waals surface area contributed by atoms with Crippen molar-refractivity contribution in [2.75, 3.05) is 26.9 Å². The van der Waals surface area contributed by atoms with Gasteiger partial charge < -0.3 is 14.8 Å². The van der Waals surface area contributed by atoms with E-state index in [2.05, 4.69) is 5.32 Å². The minimum Gasteiger partial charge on any atom is -0.490 e. The van der Waals surface area contributed by atoms with Gasteiger partial charge in [-0.15, -0.1) is 0 Å². The minimum absolute atomic E-state index is 0.0561. The van der Waals surface area contributed by atoms with Crippen LogP contribution in [-0.2, 0) is 4.74 Å². The number of carbonyl (C=O) groups excluding carboxylic acids is 1. The summed E-state index contributed by atoms with van der Waals surface area (Å²) in [5.74, 6) is 1.44. The van der Waals surface area contributed by atoms with Gasteiger partial charge in [-0.3, -0.25) is 4.79 Å². The molecule has 0 unspecified atom stereocenters. The summed E-state index contributed by atoms with van der Waals surface area (Å²) in [4.78, 5) is 12.3. The summed E-state index contributed by atoms with van der Waals surface area (Å²) >= 11 is 0. The fourth-order valence-electron chi connectivity index (χ4n) is 3.00. The van der Waals surface area contributed by atoms with E-state index in [1.165, 1.54) is 32.1 Å². The van der Waals surface area contributed by atoms with Crippen LogP contribution >= 0.6 is 0 Å². The topological polar surface area (TPSA) is 47.6 Å². The monoisotopic (exact) mass is 305 g/mol. The summed E-state index contributed by atoms with van der Waals surface area (Å²) in [5, 5.41) is 3.00. The second kappa shape index (κ2) is 9.46. The Bertz CT molecular complexity index is 455. The number of hydrogen-bond acceptors (Lipinski definition) is 3. The molecule has 0 bridgehead atoms. The van der Waals surface area contributed by atoms with Crippen molar-refractivity contribution in [3.63, 3.8) is 0 Å². The molecular formula is C18H27NO3. The SMILES string of the molecule is COCCOc1ccccc1C(=O)NCCCC1CCCC1. The molecule has 0 aliphatic heterocycles. The van der Waals surface area contributed by atoms with Gasteiger partial charge in [0.1, 0.15) is 12.4 Å². The molecule has 1 N–H and O–H groups in total. The Labute approximate surface area is 133 Å². The van der Waals surface area contributed by atoms with Crippen LogP contribution in [0.1, 0.15) is 48.9 Å². The van der Waals surface area contributed by atoms with Crippen molar-refractivity contribution < 1.29 is 14.3 Å². The van der Waals surface area contributed by atoms with Gasteiger partial charge >= 0.3 is 0 Å². The van der Waals surface area contributed by atoms with Crippen LogP contribution in [-0.4, -0.2) is 32.8 Å². The largest absolute Gasteiger partial charge is 0.490 e. The molecule has 2 rings (SSSR count).